The molecule has 2 nitrogen and oxygen atoms in total. The molecular formula is C7H13Cl2N2Pt-. The van der Waals surface area contributed by atoms with Crippen LogP contribution in [0.4, 0.5) is 0 Å². The largest absolute Gasteiger partial charge is 0.693 e. The fraction of sp³-hybridized carbons (Fsp3) is 0.857. The summed E-state index contributed by atoms with van der Waals surface area (Å²) in [6.07, 6.45) is 6.20. The maximum atomic E-state index is 8.44. The van der Waals surface area contributed by atoms with Gasteiger partial charge in [-0.05, 0) is 12.8 Å². The van der Waals surface area contributed by atoms with Crippen molar-refractivity contribution in [3.8, 4) is 6.07 Å². The Morgan fingerprint density at radius 3 is 1.83 bits per heavy atom. The molecule has 0 heterocycles. The minimum absolute atomic E-state index is 0. The van der Waals surface area contributed by atoms with Gasteiger partial charge in [-0.1, -0.05) is 19.3 Å². The van der Waals surface area contributed by atoms with Crippen molar-refractivity contribution in [1.82, 2.24) is 0 Å². The van der Waals surface area contributed by atoms with E-state index in [1.807, 2.05) is 0 Å². The molecule has 12 heavy (non-hydrogen) atoms. The number of hydrogen-bond acceptors (Lipinski definition) is 1. The first-order valence-corrected chi connectivity index (χ1v) is 9.20. The predicted molar refractivity (Wildman–Crippen MR) is 49.2 cm³/mol. The number of nitrogens with two attached hydrogens (primary N) is 1. The molecule has 1 rings (SSSR count). The summed E-state index contributed by atoms with van der Waals surface area (Å²) in [5.74, 6) is 0.392. The first kappa shape index (κ1) is 15.2. The molecule has 1 aliphatic rings. The molecular weight excluding hydrogens is 378 g/mol. The van der Waals surface area contributed by atoms with Crippen LogP contribution in [-0.4, -0.2) is 0 Å². The number of nitrogens with zero attached hydrogens (tertiary/aromatic N) is 1. The Morgan fingerprint density at radius 1 is 1.17 bits per heavy atom. The minimum Gasteiger partial charge on any atom is -0.693 e. The van der Waals surface area contributed by atoms with E-state index in [1.165, 1.54) is 19.3 Å². The molecule has 0 saturated heterocycles. The fourth-order valence-corrected chi connectivity index (χ4v) is 1.23. The molecule has 0 aliphatic heterocycles. The molecule has 5 heteroatoms. The molecule has 1 saturated carbocycles. The quantitative estimate of drug-likeness (QED) is 0.611. The van der Waals surface area contributed by atoms with E-state index in [2.05, 4.69) is 6.07 Å². The van der Waals surface area contributed by atoms with E-state index in [0.29, 0.717) is 5.92 Å². The Balaban J connectivity index is 0. The Bertz CT molecular complexity index is 121. The Hall–Kier alpha value is 0.718. The third-order valence-corrected chi connectivity index (χ3v) is 1.79. The van der Waals surface area contributed by atoms with Crippen molar-refractivity contribution in [1.29, 1.82) is 5.26 Å². The molecule has 2 N–H and O–H groups in total. The third kappa shape index (κ3) is 8.81. The molecule has 0 spiro atoms. The van der Waals surface area contributed by atoms with E-state index >= 15 is 0 Å². The second-order valence-corrected chi connectivity index (χ2v) is 5.79. The van der Waals surface area contributed by atoms with Gasteiger partial charge in [0.25, 0.3) is 0 Å². The van der Waals surface area contributed by atoms with Gasteiger partial charge < -0.3 is 6.15 Å². The van der Waals surface area contributed by atoms with Gasteiger partial charge in [0.1, 0.15) is 0 Å². The smallest absolute Gasteiger partial charge is 0.693 e. The molecule has 0 atom stereocenters. The van der Waals surface area contributed by atoms with E-state index in [-0.39, 0.29) is 6.15 Å². The maximum Gasteiger partial charge on any atom is -0.693 e. The van der Waals surface area contributed by atoms with Crippen LogP contribution in [0.25, 0.3) is 6.15 Å². The van der Waals surface area contributed by atoms with Crippen molar-refractivity contribution in [2.75, 3.05) is 0 Å². The number of rotatable bonds is 0. The zero-order valence-electron chi connectivity index (χ0n) is 6.71. The van der Waals surface area contributed by atoms with Crippen LogP contribution in [0.2, 0.25) is 0 Å². The van der Waals surface area contributed by atoms with Crippen LogP contribution in [-0.2, 0) is 16.5 Å². The molecule has 0 bridgehead atoms. The van der Waals surface area contributed by atoms with Crippen LogP contribution < -0.4 is 0 Å². The van der Waals surface area contributed by atoms with Crippen LogP contribution in [0, 0.1) is 17.2 Å². The second kappa shape index (κ2) is 11.7. The first-order chi connectivity index (χ1) is 5.35. The van der Waals surface area contributed by atoms with Crippen molar-refractivity contribution in [2.24, 2.45) is 5.92 Å². The first-order valence-electron chi connectivity index (χ1n) is 3.57. The summed E-state index contributed by atoms with van der Waals surface area (Å²) in [5, 5.41) is 8.44. The molecule has 0 aromatic carbocycles. The molecule has 0 unspecified atom stereocenters. The van der Waals surface area contributed by atoms with Gasteiger partial charge in [0.05, 0.1) is 6.07 Å². The Labute approximate surface area is 90.6 Å². The molecule has 0 aromatic heterocycles. The molecule has 1 fully saturated rings. The molecule has 0 aromatic rings. The topological polar surface area (TPSA) is 57.3 Å². The van der Waals surface area contributed by atoms with E-state index in [1.54, 1.807) is 0 Å². The number of nitriles is 1. The van der Waals surface area contributed by atoms with Gasteiger partial charge in [0.15, 0.2) is 0 Å². The van der Waals surface area contributed by atoms with Crippen LogP contribution in [0.15, 0.2) is 0 Å². The second-order valence-electron chi connectivity index (χ2n) is 2.51. The van der Waals surface area contributed by atoms with Crippen molar-refractivity contribution < 1.29 is 16.5 Å². The summed E-state index contributed by atoms with van der Waals surface area (Å²) in [5.41, 5.74) is 0. The summed E-state index contributed by atoms with van der Waals surface area (Å²) >= 11 is -0.472. The SMILES string of the molecule is N#CC1CCCCC1.[Cl][Pt][Cl].[NH2-]. The van der Waals surface area contributed by atoms with Crippen LogP contribution in [0.1, 0.15) is 32.1 Å². The monoisotopic (exact) mass is 390 g/mol. The average Bonchev–Trinajstić information content (AvgIpc) is 2.08. The van der Waals surface area contributed by atoms with E-state index in [9.17, 15) is 0 Å². The van der Waals surface area contributed by atoms with Crippen LogP contribution >= 0.6 is 18.8 Å². The fourth-order valence-electron chi connectivity index (χ4n) is 1.23. The molecule has 76 valence electrons. The maximum absolute atomic E-state index is 8.44. The molecule has 0 amide bonds. The van der Waals surface area contributed by atoms with Crippen LogP contribution in [0.5, 0.6) is 0 Å². The van der Waals surface area contributed by atoms with E-state index < -0.39 is 16.5 Å². The van der Waals surface area contributed by atoms with Crippen molar-refractivity contribution in [3.05, 3.63) is 6.15 Å². The Morgan fingerprint density at radius 2 is 1.58 bits per heavy atom. The summed E-state index contributed by atoms with van der Waals surface area (Å²) < 4.78 is 0. The zero-order chi connectivity index (χ0) is 8.53. The normalized spacial score (nSPS) is 16.8. The van der Waals surface area contributed by atoms with Gasteiger partial charge in [-0.25, -0.2) is 0 Å². The van der Waals surface area contributed by atoms with Crippen molar-refractivity contribution in [3.63, 3.8) is 0 Å². The number of hydrogen-bond donors (Lipinski definition) is 0. The molecule has 1 aliphatic carbocycles. The van der Waals surface area contributed by atoms with Crippen LogP contribution in [0.3, 0.4) is 0 Å². The van der Waals surface area contributed by atoms with Gasteiger partial charge in [0.2, 0.25) is 0 Å². The van der Waals surface area contributed by atoms with Gasteiger partial charge in [-0.15, -0.1) is 0 Å². The summed E-state index contributed by atoms with van der Waals surface area (Å²) in [6.45, 7) is 0. The summed E-state index contributed by atoms with van der Waals surface area (Å²) in [7, 11) is 9.75. The van der Waals surface area contributed by atoms with Gasteiger partial charge in [0, 0.05) is 5.92 Å². The molecule has 0 radical (unpaired) electrons. The van der Waals surface area contributed by atoms with E-state index in [0.717, 1.165) is 12.8 Å². The predicted octanol–water partition coefficient (Wildman–Crippen LogP) is 4.18. The van der Waals surface area contributed by atoms with E-state index in [4.69, 9.17) is 24.1 Å². The number of halogens is 2. The Kier molecular flexibility index (Phi) is 14.8. The standard InChI is InChI=1S/C7H11N.2ClH.H2N.Pt/c8-6-7-4-2-1-3-5-7;;;;/h7H,1-5H2;2*1H;1H2;/q;;;-1;+2/p-2. The average molecular weight is 391 g/mol. The summed E-state index contributed by atoms with van der Waals surface area (Å²) in [6, 6.07) is 2.30. The van der Waals surface area contributed by atoms with Crippen molar-refractivity contribution in [2.45, 2.75) is 32.1 Å². The third-order valence-electron chi connectivity index (χ3n) is 1.79. The minimum atomic E-state index is -0.472. The summed E-state index contributed by atoms with van der Waals surface area (Å²) in [4.78, 5) is 0. The van der Waals surface area contributed by atoms with Gasteiger partial charge >= 0.3 is 35.3 Å². The van der Waals surface area contributed by atoms with Gasteiger partial charge in [-0.2, -0.15) is 5.26 Å². The van der Waals surface area contributed by atoms with Gasteiger partial charge in [-0.3, -0.25) is 0 Å². The van der Waals surface area contributed by atoms with Crippen molar-refractivity contribution >= 4 is 18.8 Å². The zero-order valence-corrected chi connectivity index (χ0v) is 10.5.